The zero-order valence-corrected chi connectivity index (χ0v) is 61.0. The number of carboxylic acid groups (broad SMARTS) is 1. The molecule has 2 aromatic carbocycles. The molecule has 0 amide bonds. The van der Waals surface area contributed by atoms with Crippen LogP contribution in [0.1, 0.15) is 118 Å². The molecule has 1 N–H and O–H groups in total. The van der Waals surface area contributed by atoms with Crippen LogP contribution in [-0.2, 0) is 66.5 Å². The average molecular weight is 1390 g/mol. The second-order valence-corrected chi connectivity index (χ2v) is 23.3. The minimum atomic E-state index is -1.29. The number of rotatable bonds is 48. The van der Waals surface area contributed by atoms with Gasteiger partial charge in [-0.1, -0.05) is 59.3 Å². The quantitative estimate of drug-likeness (QED) is 0.0107. The van der Waals surface area contributed by atoms with Crippen molar-refractivity contribution >= 4 is 95.7 Å². The second kappa shape index (κ2) is 54.3. The third-order valence-corrected chi connectivity index (χ3v) is 16.1. The minimum Gasteiger partial charge on any atom is -0.550 e. The fourth-order valence-corrected chi connectivity index (χ4v) is 10.5. The van der Waals surface area contributed by atoms with Crippen LogP contribution >= 0.6 is 22.7 Å². The number of aliphatic hydroxyl groups is 1. The molecule has 0 bridgehead atoms. The van der Waals surface area contributed by atoms with E-state index in [1.54, 1.807) is 13.8 Å². The van der Waals surface area contributed by atoms with Crippen LogP contribution in [0.4, 0.5) is 49.1 Å². The summed E-state index contributed by atoms with van der Waals surface area (Å²) in [6.07, 6.45) is 9.31. The van der Waals surface area contributed by atoms with Crippen LogP contribution in [0.5, 0.6) is 0 Å². The number of carboxylic acids is 1. The zero-order valence-electron chi connectivity index (χ0n) is 57.4. The van der Waals surface area contributed by atoms with Gasteiger partial charge in [0.25, 0.3) is 0 Å². The minimum absolute atomic E-state index is 0. The maximum Gasteiger partial charge on any atom is 1.00 e. The Morgan fingerprint density at radius 1 is 0.567 bits per heavy atom. The van der Waals surface area contributed by atoms with Gasteiger partial charge in [0.2, 0.25) is 16.4 Å². The first-order chi connectivity index (χ1) is 46.6. The van der Waals surface area contributed by atoms with Crippen LogP contribution < -0.4 is 44.5 Å². The van der Waals surface area contributed by atoms with E-state index in [2.05, 4.69) is 87.6 Å². The molecule has 524 valence electrons. The van der Waals surface area contributed by atoms with Gasteiger partial charge in [0.1, 0.15) is 22.7 Å². The van der Waals surface area contributed by atoms with Crippen LogP contribution in [0.15, 0.2) is 56.9 Å². The van der Waals surface area contributed by atoms with E-state index >= 15 is 0 Å². The number of carbonyl (C=O) groups is 4. The van der Waals surface area contributed by atoms with Gasteiger partial charge < -0.3 is 72.2 Å². The Labute approximate surface area is 601 Å². The monoisotopic (exact) mass is 1390 g/mol. The molecule has 0 radical (unpaired) electrons. The van der Waals surface area contributed by atoms with Crippen molar-refractivity contribution in [2.75, 3.05) is 155 Å². The number of nitrogens with zero attached hydrogens (tertiary/aromatic N) is 10. The number of azo groups is 2. The molecule has 0 aliphatic carbocycles. The van der Waals surface area contributed by atoms with E-state index in [9.17, 15) is 29.5 Å². The fraction of sp³-hybridized carbons (Fsp3) is 0.588. The number of hydrogen-bond donors (Lipinski definition) is 1. The predicted octanol–water partition coefficient (Wildman–Crippen LogP) is 9.91. The average Bonchev–Trinajstić information content (AvgIpc) is 1.76. The molecule has 1 fully saturated rings. The van der Waals surface area contributed by atoms with E-state index in [1.165, 1.54) is 61.2 Å². The number of hydrogen-bond acceptors (Lipinski definition) is 25. The molecule has 97 heavy (non-hydrogen) atoms. The smallest absolute Gasteiger partial charge is 0.550 e. The Morgan fingerprint density at radius 2 is 0.979 bits per heavy atom. The first kappa shape index (κ1) is 86.4. The Bertz CT molecular complexity index is 3180. The van der Waals surface area contributed by atoms with Crippen molar-refractivity contribution in [3.63, 3.8) is 0 Å². The normalized spacial score (nSPS) is 11.6. The molecule has 2 aromatic heterocycles. The molecule has 1 aliphatic rings. The van der Waals surface area contributed by atoms with E-state index in [1.807, 2.05) is 32.0 Å². The van der Waals surface area contributed by atoms with Crippen molar-refractivity contribution in [3.8, 4) is 6.07 Å². The van der Waals surface area contributed by atoms with Crippen molar-refractivity contribution in [1.29, 1.82) is 5.26 Å². The Hall–Kier alpha value is -6.68. The molecule has 0 unspecified atom stereocenters. The topological polar surface area (TPSA) is 297 Å². The number of carbonyl (C=O) groups excluding carboxylic acids is 4. The summed E-state index contributed by atoms with van der Waals surface area (Å²) in [7, 11) is 0. The predicted molar refractivity (Wildman–Crippen MR) is 364 cm³/mol. The number of aliphatic carboxylic acids is 1. The number of anilines is 2. The number of aliphatic hydroxyl groups excluding tert-OH is 1. The molecule has 1 saturated heterocycles. The summed E-state index contributed by atoms with van der Waals surface area (Å²) < 4.78 is 53.1. The molecular formula is C68H93N10NaO16S2. The largest absolute Gasteiger partial charge is 1.00 e. The van der Waals surface area contributed by atoms with Crippen molar-refractivity contribution in [2.24, 2.45) is 20.5 Å². The third-order valence-electron chi connectivity index (χ3n) is 14.0. The van der Waals surface area contributed by atoms with Crippen LogP contribution in [0.2, 0.25) is 0 Å². The SMILES string of the molecule is O=C1CCC(=O)O1.[C-]#[N+]c1c(N=Nc2ccc(N(CCCCCC)CCOCCOCCOCCOCCOC(=O)CCC(=O)[O-])cc2C)sc(C#N)c1C.[C-]#[N+]c1sc(N=Nc2ccc(N(CCCCCC)CCOCCOCCOCCOCCO)cc2C)c([N+]#[C-])c1C.[Na+]. The van der Waals surface area contributed by atoms with Gasteiger partial charge in [-0.15, -0.1) is 22.7 Å². The molecule has 26 nitrogen and oxygen atoms in total. The van der Waals surface area contributed by atoms with E-state index < -0.39 is 23.9 Å². The van der Waals surface area contributed by atoms with E-state index in [0.29, 0.717) is 147 Å². The third kappa shape index (κ3) is 36.6. The van der Waals surface area contributed by atoms with Gasteiger partial charge >= 0.3 is 47.5 Å². The maximum atomic E-state index is 11.3. The van der Waals surface area contributed by atoms with Crippen molar-refractivity contribution < 1.29 is 106 Å². The summed E-state index contributed by atoms with van der Waals surface area (Å²) in [6.45, 7) is 44.7. The van der Waals surface area contributed by atoms with E-state index in [0.717, 1.165) is 67.2 Å². The number of nitriles is 1. The van der Waals surface area contributed by atoms with Crippen molar-refractivity contribution in [3.05, 3.63) is 97.8 Å². The number of esters is 3. The first-order valence-electron chi connectivity index (χ1n) is 32.3. The van der Waals surface area contributed by atoms with Crippen LogP contribution in [-0.4, -0.2) is 174 Å². The van der Waals surface area contributed by atoms with Gasteiger partial charge in [0, 0.05) is 43.5 Å². The molecule has 3 heterocycles. The first-order valence-corrected chi connectivity index (χ1v) is 33.9. The standard InChI is InChI=1S/C34H47N5O8S.C30H43N5O5S.C4H4O3.Na/c1-5-6-7-8-13-39(28-9-10-29(26(2)24-28)37-38-34-33(36-4)27(3)30(25-35)48-34)14-15-43-16-17-44-18-19-45-20-21-46-22-23-47-32(42)12-11-31(40)41;1-6-7-8-9-12-35(13-15-37-17-19-39-21-22-40-20-18-38-16-14-36)26-10-11-27(24(2)23-26)33-34-30-28(31-4)25(3)29(32-5)41-30;5-3-1-2-4(6)7-3;/h9-10,24H,5-8,11-23H2,1-3H3,(H,40,41);10-11,23,36H,6-9,12-22H2,1-3H3;1-2H2;/q;;;+1/p-1. The molecule has 0 atom stereocenters. The second-order valence-electron chi connectivity index (χ2n) is 21.3. The van der Waals surface area contributed by atoms with E-state index in [4.69, 9.17) is 67.5 Å². The zero-order chi connectivity index (χ0) is 70.0. The molecule has 0 saturated carbocycles. The molecule has 29 heteroatoms. The molecule has 5 rings (SSSR count). The van der Waals surface area contributed by atoms with Gasteiger partial charge in [-0.3, -0.25) is 14.4 Å². The molecule has 4 aromatic rings. The summed E-state index contributed by atoms with van der Waals surface area (Å²) in [6, 6.07) is 14.3. The summed E-state index contributed by atoms with van der Waals surface area (Å²) in [5.74, 6) is -2.68. The van der Waals surface area contributed by atoms with Crippen LogP contribution in [0.25, 0.3) is 14.5 Å². The van der Waals surface area contributed by atoms with Crippen molar-refractivity contribution in [1.82, 2.24) is 0 Å². The fourth-order valence-electron chi connectivity index (χ4n) is 8.74. The number of thiophene rings is 2. The van der Waals surface area contributed by atoms with Gasteiger partial charge in [0.15, 0.2) is 0 Å². The summed E-state index contributed by atoms with van der Waals surface area (Å²) in [4.78, 5) is 57.3. The summed E-state index contributed by atoms with van der Waals surface area (Å²) in [5, 5.41) is 47.1. The Balaban J connectivity index is 0.000000597. The number of unbranched alkanes of at least 4 members (excludes halogenated alkanes) is 6. The summed E-state index contributed by atoms with van der Waals surface area (Å²) in [5.41, 5.74) is 7.68. The van der Waals surface area contributed by atoms with Gasteiger partial charge in [-0.25, -0.2) is 14.5 Å². The van der Waals surface area contributed by atoms with E-state index in [-0.39, 0.29) is 75.1 Å². The number of aryl methyl sites for hydroxylation is 2. The van der Waals surface area contributed by atoms with Crippen LogP contribution in [0.3, 0.4) is 0 Å². The molecular weight excluding hydrogens is 1300 g/mol. The van der Waals surface area contributed by atoms with Crippen molar-refractivity contribution in [2.45, 2.75) is 119 Å². The number of ether oxygens (including phenoxy) is 10. The maximum absolute atomic E-state index is 11.3. The number of cyclic esters (lactones) is 2. The van der Waals surface area contributed by atoms with Gasteiger partial charge in [-0.2, -0.15) is 25.7 Å². The Kier molecular flexibility index (Phi) is 48.3. The van der Waals surface area contributed by atoms with Gasteiger partial charge in [-0.05, 0) is 98.7 Å². The Morgan fingerprint density at radius 3 is 1.35 bits per heavy atom. The summed E-state index contributed by atoms with van der Waals surface area (Å²) >= 11 is 2.38. The van der Waals surface area contributed by atoms with Crippen LogP contribution in [0, 0.1) is 58.7 Å². The van der Waals surface area contributed by atoms with Gasteiger partial charge in [0.05, 0.1) is 168 Å². The molecule has 0 spiro atoms. The molecule has 1 aliphatic heterocycles. The number of benzene rings is 2.